The Kier molecular flexibility index (Phi) is 4.40. The summed E-state index contributed by atoms with van der Waals surface area (Å²) in [7, 11) is 0. The number of aromatic amines is 2. The molecule has 3 heterocycles. The van der Waals surface area contributed by atoms with Gasteiger partial charge in [-0.1, -0.05) is 23.4 Å². The van der Waals surface area contributed by atoms with Crippen LogP contribution >= 0.6 is 11.6 Å². The minimum absolute atomic E-state index is 0.0567. The third-order valence-electron chi connectivity index (χ3n) is 5.58. The van der Waals surface area contributed by atoms with Gasteiger partial charge in [0, 0.05) is 5.56 Å². The molecule has 0 bridgehead atoms. The Hall–Kier alpha value is -3.05. The quantitative estimate of drug-likeness (QED) is 0.568. The van der Waals surface area contributed by atoms with Crippen molar-refractivity contribution < 1.29 is 14.6 Å². The molecule has 2 aliphatic rings. The molecule has 0 saturated heterocycles. The van der Waals surface area contributed by atoms with Gasteiger partial charge in [0.25, 0.3) is 6.01 Å². The zero-order chi connectivity index (χ0) is 20.0. The van der Waals surface area contributed by atoms with E-state index in [2.05, 4.69) is 37.0 Å². The first kappa shape index (κ1) is 18.0. The lowest BCUT2D eigenvalue weighted by Crippen LogP contribution is -2.28. The van der Waals surface area contributed by atoms with Crippen molar-refractivity contribution in [3.8, 4) is 17.9 Å². The van der Waals surface area contributed by atoms with E-state index in [9.17, 15) is 4.79 Å². The summed E-state index contributed by atoms with van der Waals surface area (Å²) in [6.45, 7) is 0. The monoisotopic (exact) mass is 411 g/mol. The minimum atomic E-state index is -0.731. The van der Waals surface area contributed by atoms with Crippen molar-refractivity contribution in [2.24, 2.45) is 5.92 Å². The first-order valence-corrected chi connectivity index (χ1v) is 9.92. The second kappa shape index (κ2) is 7.08. The van der Waals surface area contributed by atoms with Crippen LogP contribution in [0.1, 0.15) is 48.6 Å². The van der Waals surface area contributed by atoms with Crippen LogP contribution in [0.2, 0.25) is 5.02 Å². The smallest absolute Gasteiger partial charge is 0.306 e. The number of nitrogens with one attached hydrogen (secondary N) is 2. The zero-order valence-corrected chi connectivity index (χ0v) is 16.2. The van der Waals surface area contributed by atoms with Crippen molar-refractivity contribution in [1.29, 1.82) is 0 Å². The average molecular weight is 412 g/mol. The first-order chi connectivity index (χ1) is 14.1. The molecule has 3 N–H and O–H groups in total. The highest BCUT2D eigenvalue weighted by Crippen LogP contribution is 2.34. The van der Waals surface area contributed by atoms with E-state index in [0.29, 0.717) is 60.0 Å². The highest BCUT2D eigenvalue weighted by atomic mass is 35.5. The van der Waals surface area contributed by atoms with Crippen LogP contribution in [0, 0.1) is 17.8 Å². The summed E-state index contributed by atoms with van der Waals surface area (Å²) in [6, 6.07) is 2.16. The molecule has 0 radical (unpaired) electrons. The molecule has 3 aromatic rings. The maximum atomic E-state index is 11.1. The van der Waals surface area contributed by atoms with Gasteiger partial charge >= 0.3 is 5.97 Å². The summed E-state index contributed by atoms with van der Waals surface area (Å²) >= 11 is 6.51. The number of ether oxygens (including phenoxy) is 1. The van der Waals surface area contributed by atoms with Gasteiger partial charge in [0.05, 0.1) is 46.4 Å². The Morgan fingerprint density at radius 3 is 2.90 bits per heavy atom. The topological polar surface area (TPSA) is 117 Å². The number of carboxylic acid groups (broad SMARTS) is 1. The standard InChI is InChI=1S/C20H18ClN5O3/c21-14-8-16-18(24-17(14)12-2-1-3-15-13(12)9-22-26-15)25-20(23-16)29-11-6-4-10(5-7-11)19(27)28/h8-12H,3-7H2,(H,22,26)(H,27,28)(H,23,24,25). The fraction of sp³-hybridized carbons (Fsp3) is 0.400. The summed E-state index contributed by atoms with van der Waals surface area (Å²) in [5, 5.41) is 16.7. The SMILES string of the molecule is O=C(O)C1CCC(Oc2nc3nc(C4C#CCc5[nH]ncc54)c(Cl)cc3[nH]2)CC1. The number of halogens is 1. The van der Waals surface area contributed by atoms with Crippen LogP contribution in [0.3, 0.4) is 0 Å². The second-order valence-corrected chi connectivity index (χ2v) is 7.84. The third kappa shape index (κ3) is 3.32. The number of aromatic nitrogens is 5. The molecule has 1 atom stereocenters. The number of rotatable bonds is 4. The summed E-state index contributed by atoms with van der Waals surface area (Å²) in [5.74, 6) is 5.04. The number of nitrogens with zero attached hydrogens (tertiary/aromatic N) is 3. The molecule has 0 amide bonds. The highest BCUT2D eigenvalue weighted by Gasteiger charge is 2.28. The van der Waals surface area contributed by atoms with Crippen LogP contribution in [-0.4, -0.2) is 42.3 Å². The molecular weight excluding hydrogens is 394 g/mol. The van der Waals surface area contributed by atoms with Crippen molar-refractivity contribution >= 4 is 28.7 Å². The fourth-order valence-corrected chi connectivity index (χ4v) is 4.26. The van der Waals surface area contributed by atoms with Gasteiger partial charge < -0.3 is 14.8 Å². The van der Waals surface area contributed by atoms with Crippen molar-refractivity contribution in [3.63, 3.8) is 0 Å². The lowest BCUT2D eigenvalue weighted by molar-refractivity contribution is -0.143. The zero-order valence-electron chi connectivity index (χ0n) is 15.4. The van der Waals surface area contributed by atoms with E-state index in [1.807, 2.05) is 0 Å². The molecule has 9 heteroatoms. The molecule has 1 saturated carbocycles. The second-order valence-electron chi connectivity index (χ2n) is 7.43. The predicted molar refractivity (Wildman–Crippen MR) is 105 cm³/mol. The number of carboxylic acids is 1. The number of imidazole rings is 1. The van der Waals surface area contributed by atoms with E-state index >= 15 is 0 Å². The maximum absolute atomic E-state index is 11.1. The van der Waals surface area contributed by atoms with E-state index in [1.165, 1.54) is 0 Å². The van der Waals surface area contributed by atoms with Gasteiger partial charge in [0.2, 0.25) is 0 Å². The Labute approximate surface area is 171 Å². The molecule has 2 aliphatic carbocycles. The molecule has 0 aromatic carbocycles. The predicted octanol–water partition coefficient (Wildman–Crippen LogP) is 3.05. The molecular formula is C20H18ClN5O3. The molecule has 148 valence electrons. The van der Waals surface area contributed by atoms with Gasteiger partial charge in [0.15, 0.2) is 5.65 Å². The number of hydrogen-bond donors (Lipinski definition) is 3. The normalized spacial score (nSPS) is 23.3. The molecule has 1 unspecified atom stereocenters. The fourth-order valence-electron chi connectivity index (χ4n) is 4.00. The summed E-state index contributed by atoms with van der Waals surface area (Å²) < 4.78 is 5.95. The lowest BCUT2D eigenvalue weighted by atomic mass is 9.87. The van der Waals surface area contributed by atoms with Crippen LogP contribution in [-0.2, 0) is 11.2 Å². The molecule has 8 nitrogen and oxygen atoms in total. The number of carbonyl (C=O) groups is 1. The summed E-state index contributed by atoms with van der Waals surface area (Å²) in [6.07, 6.45) is 4.95. The van der Waals surface area contributed by atoms with Gasteiger partial charge in [-0.15, -0.1) is 0 Å². The van der Waals surface area contributed by atoms with E-state index in [4.69, 9.17) is 21.4 Å². The van der Waals surface area contributed by atoms with Crippen LogP contribution in [0.15, 0.2) is 12.3 Å². The van der Waals surface area contributed by atoms with Gasteiger partial charge in [-0.05, 0) is 31.7 Å². The molecule has 0 aliphatic heterocycles. The largest absolute Gasteiger partial charge is 0.481 e. The number of fused-ring (bicyclic) bond motifs is 2. The van der Waals surface area contributed by atoms with Crippen molar-refractivity contribution in [3.05, 3.63) is 34.2 Å². The van der Waals surface area contributed by atoms with Crippen LogP contribution < -0.4 is 4.74 Å². The molecule has 0 spiro atoms. The Morgan fingerprint density at radius 2 is 2.10 bits per heavy atom. The lowest BCUT2D eigenvalue weighted by Gasteiger charge is -2.25. The van der Waals surface area contributed by atoms with Crippen LogP contribution in [0.25, 0.3) is 11.2 Å². The third-order valence-corrected chi connectivity index (χ3v) is 5.88. The molecule has 5 rings (SSSR count). The Morgan fingerprint density at radius 1 is 1.28 bits per heavy atom. The van der Waals surface area contributed by atoms with Gasteiger partial charge in [-0.3, -0.25) is 9.89 Å². The van der Waals surface area contributed by atoms with Crippen molar-refractivity contribution in [1.82, 2.24) is 25.1 Å². The van der Waals surface area contributed by atoms with E-state index in [0.717, 1.165) is 11.3 Å². The van der Waals surface area contributed by atoms with Gasteiger partial charge in [-0.25, -0.2) is 4.98 Å². The Balaban J connectivity index is 1.39. The summed E-state index contributed by atoms with van der Waals surface area (Å²) in [5.41, 5.74) is 3.81. The minimum Gasteiger partial charge on any atom is -0.481 e. The van der Waals surface area contributed by atoms with Crippen molar-refractivity contribution in [2.45, 2.75) is 44.1 Å². The van der Waals surface area contributed by atoms with Gasteiger partial charge in [-0.2, -0.15) is 10.1 Å². The van der Waals surface area contributed by atoms with Crippen LogP contribution in [0.5, 0.6) is 6.01 Å². The summed E-state index contributed by atoms with van der Waals surface area (Å²) in [4.78, 5) is 23.3. The van der Waals surface area contributed by atoms with Crippen molar-refractivity contribution in [2.75, 3.05) is 0 Å². The molecule has 29 heavy (non-hydrogen) atoms. The molecule has 3 aromatic heterocycles. The number of H-pyrrole nitrogens is 2. The van der Waals surface area contributed by atoms with E-state index in [1.54, 1.807) is 12.3 Å². The highest BCUT2D eigenvalue weighted by molar-refractivity contribution is 6.31. The average Bonchev–Trinajstić information content (AvgIpc) is 3.33. The van der Waals surface area contributed by atoms with E-state index in [-0.39, 0.29) is 17.9 Å². The van der Waals surface area contributed by atoms with Gasteiger partial charge in [0.1, 0.15) is 6.10 Å². The Bertz CT molecular complexity index is 1150. The van der Waals surface area contributed by atoms with Crippen LogP contribution in [0.4, 0.5) is 0 Å². The first-order valence-electron chi connectivity index (χ1n) is 9.54. The number of pyridine rings is 1. The molecule has 1 fully saturated rings. The number of hydrogen-bond acceptors (Lipinski definition) is 5. The number of aliphatic carboxylic acids is 1. The van der Waals surface area contributed by atoms with E-state index < -0.39 is 5.97 Å². The maximum Gasteiger partial charge on any atom is 0.306 e.